The molecular formula is C19H21ClFN3O3. The molecule has 1 aliphatic rings. The van der Waals surface area contributed by atoms with Crippen molar-refractivity contribution in [1.29, 1.82) is 0 Å². The Morgan fingerprint density at radius 1 is 1.33 bits per heavy atom. The van der Waals surface area contributed by atoms with E-state index in [9.17, 15) is 14.0 Å². The number of hydrogen-bond acceptors (Lipinski definition) is 3. The molecule has 1 saturated heterocycles. The third-order valence-corrected chi connectivity index (χ3v) is 5.21. The zero-order valence-electron chi connectivity index (χ0n) is 15.0. The Morgan fingerprint density at radius 3 is 2.70 bits per heavy atom. The van der Waals surface area contributed by atoms with Crippen molar-refractivity contribution < 1.29 is 19.1 Å². The molecule has 0 radical (unpaired) electrons. The highest BCUT2D eigenvalue weighted by molar-refractivity contribution is 6.33. The Balaban J connectivity index is 1.80. The van der Waals surface area contributed by atoms with Crippen LogP contribution in [-0.4, -0.2) is 44.8 Å². The number of carbonyl (C=O) groups is 2. The summed E-state index contributed by atoms with van der Waals surface area (Å²) < 4.78 is 14.6. The summed E-state index contributed by atoms with van der Waals surface area (Å²) in [6.45, 7) is 2.84. The average Bonchev–Trinajstić information content (AvgIpc) is 2.94. The van der Waals surface area contributed by atoms with Crippen LogP contribution in [0.4, 0.5) is 4.39 Å². The molecule has 8 heteroatoms. The summed E-state index contributed by atoms with van der Waals surface area (Å²) in [4.78, 5) is 25.6. The Labute approximate surface area is 161 Å². The summed E-state index contributed by atoms with van der Waals surface area (Å²) >= 11 is 6.44. The van der Waals surface area contributed by atoms with Crippen molar-refractivity contribution in [3.63, 3.8) is 0 Å². The number of piperidine rings is 1. The number of halogens is 2. The van der Waals surface area contributed by atoms with Crippen molar-refractivity contribution in [3.8, 4) is 5.69 Å². The van der Waals surface area contributed by atoms with Gasteiger partial charge in [-0.05, 0) is 56.4 Å². The minimum absolute atomic E-state index is 0.106. The quantitative estimate of drug-likeness (QED) is 0.840. The fourth-order valence-electron chi connectivity index (χ4n) is 3.47. The summed E-state index contributed by atoms with van der Waals surface area (Å²) in [6, 6.07) is 5.71. The minimum Gasteiger partial charge on any atom is -0.481 e. The third kappa shape index (κ3) is 4.30. The van der Waals surface area contributed by atoms with Crippen molar-refractivity contribution in [3.05, 3.63) is 46.5 Å². The first-order chi connectivity index (χ1) is 12.9. The van der Waals surface area contributed by atoms with Crippen LogP contribution < -0.4 is 0 Å². The molecule has 6 nitrogen and oxygen atoms in total. The van der Waals surface area contributed by atoms with Gasteiger partial charge >= 0.3 is 5.97 Å². The van der Waals surface area contributed by atoms with E-state index >= 15 is 0 Å². The smallest absolute Gasteiger partial charge is 0.303 e. The van der Waals surface area contributed by atoms with E-state index < -0.39 is 5.97 Å². The molecule has 2 heterocycles. The van der Waals surface area contributed by atoms with Gasteiger partial charge in [0.25, 0.3) is 5.91 Å². The van der Waals surface area contributed by atoms with E-state index in [1.165, 1.54) is 16.8 Å². The fourth-order valence-corrected chi connectivity index (χ4v) is 3.82. The molecule has 1 aromatic heterocycles. The number of hydrogen-bond donors (Lipinski definition) is 1. The van der Waals surface area contributed by atoms with E-state index in [4.69, 9.17) is 16.7 Å². The van der Waals surface area contributed by atoms with Crippen LogP contribution >= 0.6 is 11.6 Å². The van der Waals surface area contributed by atoms with Gasteiger partial charge in [-0.2, -0.15) is 5.10 Å². The maximum absolute atomic E-state index is 13.1. The number of nitrogens with zero attached hydrogens (tertiary/aromatic N) is 3. The van der Waals surface area contributed by atoms with Crippen LogP contribution in [0, 0.1) is 18.7 Å². The van der Waals surface area contributed by atoms with Crippen LogP contribution in [0.2, 0.25) is 5.15 Å². The van der Waals surface area contributed by atoms with Gasteiger partial charge in [-0.25, -0.2) is 9.07 Å². The molecule has 0 saturated carbocycles. The SMILES string of the molecule is Cc1nn(-c2ccc(F)cc2)c(Cl)c1C(=O)N1CCC[C@@H](CCC(=O)O)C1. The largest absolute Gasteiger partial charge is 0.481 e. The van der Waals surface area contributed by atoms with E-state index in [2.05, 4.69) is 5.10 Å². The second-order valence-electron chi connectivity index (χ2n) is 6.83. The van der Waals surface area contributed by atoms with E-state index in [1.807, 2.05) is 0 Å². The van der Waals surface area contributed by atoms with Crippen molar-refractivity contribution in [1.82, 2.24) is 14.7 Å². The highest BCUT2D eigenvalue weighted by atomic mass is 35.5. The van der Waals surface area contributed by atoms with Crippen molar-refractivity contribution in [2.45, 2.75) is 32.6 Å². The summed E-state index contributed by atoms with van der Waals surface area (Å²) in [5.41, 5.74) is 1.41. The number of carboxylic acid groups (broad SMARTS) is 1. The molecule has 144 valence electrons. The maximum Gasteiger partial charge on any atom is 0.303 e. The topological polar surface area (TPSA) is 75.4 Å². The van der Waals surface area contributed by atoms with Crippen molar-refractivity contribution in [2.75, 3.05) is 13.1 Å². The summed E-state index contributed by atoms with van der Waals surface area (Å²) in [7, 11) is 0. The number of likely N-dealkylation sites (tertiary alicyclic amines) is 1. The monoisotopic (exact) mass is 393 g/mol. The molecule has 1 aliphatic heterocycles. The molecule has 1 atom stereocenters. The van der Waals surface area contributed by atoms with Crippen molar-refractivity contribution >= 4 is 23.5 Å². The standard InChI is InChI=1S/C19H21ClFN3O3/c1-12-17(18(20)24(22-12)15-7-5-14(21)6-8-15)19(27)23-10-2-3-13(11-23)4-9-16(25)26/h5-8,13H,2-4,9-11H2,1H3,(H,25,26)/t13-/m0/s1. The Hall–Kier alpha value is -2.41. The molecular weight excluding hydrogens is 373 g/mol. The Morgan fingerprint density at radius 2 is 2.04 bits per heavy atom. The first-order valence-electron chi connectivity index (χ1n) is 8.89. The molecule has 3 rings (SSSR count). The summed E-state index contributed by atoms with van der Waals surface area (Å²) in [5, 5.41) is 13.4. The van der Waals surface area contributed by atoms with Gasteiger partial charge in [-0.1, -0.05) is 11.6 Å². The van der Waals surface area contributed by atoms with E-state index in [-0.39, 0.29) is 29.2 Å². The molecule has 1 aromatic carbocycles. The lowest BCUT2D eigenvalue weighted by molar-refractivity contribution is -0.137. The number of aliphatic carboxylic acids is 1. The number of amides is 1. The van der Waals surface area contributed by atoms with Crippen LogP contribution in [0.1, 0.15) is 41.7 Å². The molecule has 0 unspecified atom stereocenters. The van der Waals surface area contributed by atoms with Gasteiger partial charge in [0.05, 0.1) is 16.9 Å². The van der Waals surface area contributed by atoms with Gasteiger partial charge in [0, 0.05) is 19.5 Å². The van der Waals surface area contributed by atoms with Gasteiger partial charge in [0.1, 0.15) is 11.0 Å². The van der Waals surface area contributed by atoms with Crippen LogP contribution in [0.25, 0.3) is 5.69 Å². The van der Waals surface area contributed by atoms with Gasteiger partial charge in [-0.3, -0.25) is 9.59 Å². The predicted octanol–water partition coefficient (Wildman–Crippen LogP) is 3.69. The average molecular weight is 394 g/mol. The highest BCUT2D eigenvalue weighted by Gasteiger charge is 2.29. The molecule has 0 bridgehead atoms. The lowest BCUT2D eigenvalue weighted by Crippen LogP contribution is -2.40. The van der Waals surface area contributed by atoms with Crippen LogP contribution in [0.15, 0.2) is 24.3 Å². The number of aromatic nitrogens is 2. The molecule has 0 spiro atoms. The zero-order chi connectivity index (χ0) is 19.6. The Bertz CT molecular complexity index is 851. The molecule has 1 amide bonds. The third-order valence-electron chi connectivity index (χ3n) is 4.86. The lowest BCUT2D eigenvalue weighted by atomic mass is 9.93. The van der Waals surface area contributed by atoms with Gasteiger partial charge < -0.3 is 10.0 Å². The number of aryl methyl sites for hydroxylation is 1. The Kier molecular flexibility index (Phi) is 5.79. The van der Waals surface area contributed by atoms with E-state index in [0.717, 1.165) is 12.8 Å². The maximum atomic E-state index is 13.1. The van der Waals surface area contributed by atoms with Gasteiger partial charge in [0.2, 0.25) is 0 Å². The fraction of sp³-hybridized carbons (Fsp3) is 0.421. The van der Waals surface area contributed by atoms with E-state index in [1.54, 1.807) is 24.0 Å². The zero-order valence-corrected chi connectivity index (χ0v) is 15.7. The number of carboxylic acids is 1. The second kappa shape index (κ2) is 8.08. The van der Waals surface area contributed by atoms with Crippen LogP contribution in [-0.2, 0) is 4.79 Å². The van der Waals surface area contributed by atoms with Crippen LogP contribution in [0.5, 0.6) is 0 Å². The number of rotatable bonds is 5. The summed E-state index contributed by atoms with van der Waals surface area (Å²) in [5.74, 6) is -1.22. The molecule has 0 aliphatic carbocycles. The molecule has 1 fully saturated rings. The second-order valence-corrected chi connectivity index (χ2v) is 7.19. The van der Waals surface area contributed by atoms with Gasteiger partial charge in [0.15, 0.2) is 0 Å². The highest BCUT2D eigenvalue weighted by Crippen LogP contribution is 2.28. The first kappa shape index (κ1) is 19.4. The molecule has 2 aromatic rings. The normalized spacial score (nSPS) is 17.1. The lowest BCUT2D eigenvalue weighted by Gasteiger charge is -2.32. The van der Waals surface area contributed by atoms with Crippen LogP contribution in [0.3, 0.4) is 0 Å². The molecule has 27 heavy (non-hydrogen) atoms. The van der Waals surface area contributed by atoms with Gasteiger partial charge in [-0.15, -0.1) is 0 Å². The predicted molar refractivity (Wildman–Crippen MR) is 98.8 cm³/mol. The number of carbonyl (C=O) groups excluding carboxylic acids is 1. The minimum atomic E-state index is -0.821. The van der Waals surface area contributed by atoms with Crippen molar-refractivity contribution in [2.24, 2.45) is 5.92 Å². The number of benzene rings is 1. The van der Waals surface area contributed by atoms with E-state index in [0.29, 0.717) is 36.5 Å². The first-order valence-corrected chi connectivity index (χ1v) is 9.26. The molecule has 1 N–H and O–H groups in total. The summed E-state index contributed by atoms with van der Waals surface area (Å²) in [6.07, 6.45) is 2.41.